The second-order valence-electron chi connectivity index (χ2n) is 5.40. The van der Waals surface area contributed by atoms with Crippen LogP contribution in [0.25, 0.3) is 10.1 Å². The highest BCUT2D eigenvalue weighted by Crippen LogP contribution is 2.34. The molecule has 0 saturated carbocycles. The Morgan fingerprint density at radius 3 is 3.18 bits per heavy atom. The highest BCUT2D eigenvalue weighted by Gasteiger charge is 2.22. The fourth-order valence-corrected chi connectivity index (χ4v) is 3.70. The Morgan fingerprint density at radius 1 is 1.36 bits per heavy atom. The molecule has 1 N–H and O–H groups in total. The van der Waals surface area contributed by atoms with Crippen LogP contribution in [0.5, 0.6) is 0 Å². The van der Waals surface area contributed by atoms with Crippen LogP contribution in [0.1, 0.15) is 5.56 Å². The molecule has 0 fully saturated rings. The zero-order valence-electron chi connectivity index (χ0n) is 12.0. The first kappa shape index (κ1) is 13.3. The number of carbonyl (C=O) groups excluding carboxylic acids is 1. The van der Waals surface area contributed by atoms with E-state index in [4.69, 9.17) is 0 Å². The molecule has 4 rings (SSSR count). The van der Waals surface area contributed by atoms with Crippen LogP contribution in [0.15, 0.2) is 48.1 Å². The quantitative estimate of drug-likeness (QED) is 0.807. The van der Waals surface area contributed by atoms with Gasteiger partial charge in [-0.05, 0) is 53.1 Å². The first-order valence-electron chi connectivity index (χ1n) is 7.24. The summed E-state index contributed by atoms with van der Waals surface area (Å²) in [6, 6.07) is 10.3. The number of hydrogen-bond donors (Lipinski definition) is 1. The molecule has 3 aromatic rings. The van der Waals surface area contributed by atoms with E-state index in [1.807, 2.05) is 12.1 Å². The van der Waals surface area contributed by atoms with Crippen molar-refractivity contribution in [1.82, 2.24) is 4.98 Å². The number of hydrogen-bond acceptors (Lipinski definition) is 4. The van der Waals surface area contributed by atoms with Crippen molar-refractivity contribution in [2.45, 2.75) is 6.42 Å². The van der Waals surface area contributed by atoms with Gasteiger partial charge in [-0.1, -0.05) is 0 Å². The summed E-state index contributed by atoms with van der Waals surface area (Å²) in [5.41, 5.74) is 3.26. The maximum atomic E-state index is 12.2. The Labute approximate surface area is 132 Å². The van der Waals surface area contributed by atoms with E-state index in [9.17, 15) is 4.79 Å². The third-order valence-electron chi connectivity index (χ3n) is 3.93. The van der Waals surface area contributed by atoms with Crippen molar-refractivity contribution >= 4 is 38.7 Å². The van der Waals surface area contributed by atoms with Crippen LogP contribution in [0.3, 0.4) is 0 Å². The molecule has 22 heavy (non-hydrogen) atoms. The molecule has 0 spiro atoms. The molecule has 1 amide bonds. The normalized spacial score (nSPS) is 13.4. The zero-order chi connectivity index (χ0) is 14.9. The van der Waals surface area contributed by atoms with Gasteiger partial charge in [0, 0.05) is 23.1 Å². The molecule has 110 valence electrons. The Kier molecular flexibility index (Phi) is 3.27. The molecular weight excluding hydrogens is 294 g/mol. The Morgan fingerprint density at radius 2 is 2.32 bits per heavy atom. The fraction of sp³-hybridized carbons (Fsp3) is 0.176. The molecule has 3 heterocycles. The van der Waals surface area contributed by atoms with Crippen LogP contribution in [-0.4, -0.2) is 24.0 Å². The summed E-state index contributed by atoms with van der Waals surface area (Å²) in [7, 11) is 0. The van der Waals surface area contributed by atoms with E-state index in [1.54, 1.807) is 23.7 Å². The van der Waals surface area contributed by atoms with E-state index < -0.39 is 0 Å². The molecule has 5 heteroatoms. The highest BCUT2D eigenvalue weighted by atomic mass is 32.1. The number of nitrogens with zero attached hydrogens (tertiary/aromatic N) is 2. The van der Waals surface area contributed by atoms with Crippen molar-refractivity contribution in [3.63, 3.8) is 0 Å². The molecule has 0 unspecified atom stereocenters. The number of thiophene rings is 1. The number of amides is 1. The molecule has 0 atom stereocenters. The highest BCUT2D eigenvalue weighted by molar-refractivity contribution is 7.17. The van der Waals surface area contributed by atoms with Crippen molar-refractivity contribution in [1.29, 1.82) is 0 Å². The van der Waals surface area contributed by atoms with E-state index in [2.05, 4.69) is 38.8 Å². The predicted octanol–water partition coefficient (Wildman–Crippen LogP) is 3.30. The summed E-state index contributed by atoms with van der Waals surface area (Å²) in [6.07, 6.45) is 4.35. The molecule has 1 aliphatic heterocycles. The molecule has 4 nitrogen and oxygen atoms in total. The summed E-state index contributed by atoms with van der Waals surface area (Å²) in [4.78, 5) is 18.4. The Bertz CT molecular complexity index is 828. The van der Waals surface area contributed by atoms with Gasteiger partial charge in [0.15, 0.2) is 0 Å². The van der Waals surface area contributed by atoms with E-state index in [0.29, 0.717) is 6.54 Å². The number of anilines is 2. The molecule has 0 radical (unpaired) electrons. The van der Waals surface area contributed by atoms with Gasteiger partial charge in [-0.25, -0.2) is 0 Å². The minimum absolute atomic E-state index is 0.00729. The number of pyridine rings is 1. The first-order chi connectivity index (χ1) is 10.8. The van der Waals surface area contributed by atoms with Gasteiger partial charge < -0.3 is 10.2 Å². The standard InChI is InChI=1S/C17H15N3OS/c21-17(19-14-2-1-5-18-10-14)11-20-6-3-12-8-13-4-7-22-16(13)9-15(12)20/h1-2,4-5,7-10H,3,6,11H2,(H,19,21). The summed E-state index contributed by atoms with van der Waals surface area (Å²) < 4.78 is 1.28. The number of rotatable bonds is 3. The van der Waals surface area contributed by atoms with Gasteiger partial charge in [-0.15, -0.1) is 11.3 Å². The first-order valence-corrected chi connectivity index (χ1v) is 8.12. The molecule has 0 saturated heterocycles. The minimum atomic E-state index is -0.00729. The van der Waals surface area contributed by atoms with E-state index in [0.717, 1.165) is 18.7 Å². The average molecular weight is 309 g/mol. The summed E-state index contributed by atoms with van der Waals surface area (Å²) in [6.45, 7) is 1.27. The summed E-state index contributed by atoms with van der Waals surface area (Å²) in [5.74, 6) is -0.00729. The lowest BCUT2D eigenvalue weighted by molar-refractivity contribution is -0.115. The van der Waals surface area contributed by atoms with Crippen molar-refractivity contribution in [2.24, 2.45) is 0 Å². The van der Waals surface area contributed by atoms with Gasteiger partial charge >= 0.3 is 0 Å². The van der Waals surface area contributed by atoms with Gasteiger partial charge in [0.05, 0.1) is 18.4 Å². The monoisotopic (exact) mass is 309 g/mol. The fourth-order valence-electron chi connectivity index (χ4n) is 2.89. The average Bonchev–Trinajstić information content (AvgIpc) is 3.13. The third-order valence-corrected chi connectivity index (χ3v) is 4.80. The number of carbonyl (C=O) groups is 1. The van der Waals surface area contributed by atoms with E-state index in [1.165, 1.54) is 21.3 Å². The SMILES string of the molecule is O=C(CN1CCc2cc3ccsc3cc21)Nc1cccnc1. The van der Waals surface area contributed by atoms with Crippen LogP contribution in [-0.2, 0) is 11.2 Å². The smallest absolute Gasteiger partial charge is 0.243 e. The number of nitrogens with one attached hydrogen (secondary N) is 1. The van der Waals surface area contributed by atoms with Gasteiger partial charge in [-0.2, -0.15) is 0 Å². The van der Waals surface area contributed by atoms with E-state index in [-0.39, 0.29) is 5.91 Å². The van der Waals surface area contributed by atoms with Crippen molar-refractivity contribution in [2.75, 3.05) is 23.3 Å². The maximum Gasteiger partial charge on any atom is 0.243 e. The van der Waals surface area contributed by atoms with Crippen molar-refractivity contribution in [3.8, 4) is 0 Å². The van der Waals surface area contributed by atoms with E-state index >= 15 is 0 Å². The summed E-state index contributed by atoms with van der Waals surface area (Å²) in [5, 5.41) is 6.30. The van der Waals surface area contributed by atoms with Crippen molar-refractivity contribution < 1.29 is 4.79 Å². The second-order valence-corrected chi connectivity index (χ2v) is 6.35. The number of fused-ring (bicyclic) bond motifs is 2. The second kappa shape index (κ2) is 5.42. The zero-order valence-corrected chi connectivity index (χ0v) is 12.8. The number of aromatic nitrogens is 1. The lowest BCUT2D eigenvalue weighted by Gasteiger charge is -2.18. The van der Waals surface area contributed by atoms with Gasteiger partial charge in [-0.3, -0.25) is 9.78 Å². The molecule has 1 aromatic carbocycles. The van der Waals surface area contributed by atoms with Gasteiger partial charge in [0.2, 0.25) is 5.91 Å². The van der Waals surface area contributed by atoms with Crippen molar-refractivity contribution in [3.05, 3.63) is 53.7 Å². The predicted molar refractivity (Wildman–Crippen MR) is 90.6 cm³/mol. The Hall–Kier alpha value is -2.40. The molecule has 1 aliphatic rings. The lowest BCUT2D eigenvalue weighted by Crippen LogP contribution is -2.31. The lowest BCUT2D eigenvalue weighted by atomic mass is 10.1. The molecule has 0 bridgehead atoms. The largest absolute Gasteiger partial charge is 0.362 e. The third kappa shape index (κ3) is 2.44. The molecule has 2 aromatic heterocycles. The molecular formula is C17H15N3OS. The maximum absolute atomic E-state index is 12.2. The number of benzene rings is 1. The van der Waals surface area contributed by atoms with Crippen LogP contribution in [0.4, 0.5) is 11.4 Å². The van der Waals surface area contributed by atoms with Gasteiger partial charge in [0.25, 0.3) is 0 Å². The minimum Gasteiger partial charge on any atom is -0.362 e. The van der Waals surface area contributed by atoms with Crippen LogP contribution in [0.2, 0.25) is 0 Å². The Balaban J connectivity index is 1.52. The summed E-state index contributed by atoms with van der Waals surface area (Å²) >= 11 is 1.74. The molecule has 0 aliphatic carbocycles. The van der Waals surface area contributed by atoms with Gasteiger partial charge in [0.1, 0.15) is 0 Å². The van der Waals surface area contributed by atoms with Crippen LogP contribution < -0.4 is 10.2 Å². The van der Waals surface area contributed by atoms with Crippen LogP contribution in [0, 0.1) is 0 Å². The topological polar surface area (TPSA) is 45.2 Å². The van der Waals surface area contributed by atoms with Crippen LogP contribution >= 0.6 is 11.3 Å².